The van der Waals surface area contributed by atoms with Crippen molar-refractivity contribution in [1.82, 2.24) is 0 Å². The van der Waals surface area contributed by atoms with E-state index in [0.717, 1.165) is 12.2 Å². The van der Waals surface area contributed by atoms with Gasteiger partial charge < -0.3 is 44.8 Å². The summed E-state index contributed by atoms with van der Waals surface area (Å²) in [5.41, 5.74) is -1.73. The Hall–Kier alpha value is -4.55. The molecule has 1 saturated carbocycles. The number of aliphatic carboxylic acids is 1. The van der Waals surface area contributed by atoms with Gasteiger partial charge in [0.05, 0.1) is 7.11 Å². The zero-order valence-electron chi connectivity index (χ0n) is 20.1. The third-order valence-electron chi connectivity index (χ3n) is 5.80. The van der Waals surface area contributed by atoms with Crippen LogP contribution in [0.15, 0.2) is 48.6 Å². The highest BCUT2D eigenvalue weighted by molar-refractivity contribution is 5.88. The Morgan fingerprint density at radius 1 is 0.842 bits per heavy atom. The van der Waals surface area contributed by atoms with Gasteiger partial charge in [0.1, 0.15) is 18.3 Å². The standard InChI is InChI=1S/C26H26O12/c1-36-19-7-3-15(11-18(19)29)5-9-23(31)38-21-13-26(35,25(33)34)12-20(24(21)32)37-22(30)8-4-14-2-6-16(27)17(28)10-14/h2-11,20-21,24,27-29,32,35H,12-13H2,1H3,(H,33,34). The molecule has 12 nitrogen and oxygen atoms in total. The number of methoxy groups -OCH3 is 1. The molecular weight excluding hydrogens is 504 g/mol. The maximum atomic E-state index is 12.4. The second-order valence-corrected chi connectivity index (χ2v) is 8.53. The van der Waals surface area contributed by atoms with Gasteiger partial charge >= 0.3 is 17.9 Å². The minimum absolute atomic E-state index is 0.168. The van der Waals surface area contributed by atoms with Crippen LogP contribution in [0, 0.1) is 0 Å². The molecule has 202 valence electrons. The summed E-state index contributed by atoms with van der Waals surface area (Å²) in [5.74, 6) is -4.39. The van der Waals surface area contributed by atoms with E-state index in [-0.39, 0.29) is 17.2 Å². The summed E-state index contributed by atoms with van der Waals surface area (Å²) >= 11 is 0. The molecule has 1 aliphatic rings. The predicted molar refractivity (Wildman–Crippen MR) is 130 cm³/mol. The van der Waals surface area contributed by atoms with Crippen molar-refractivity contribution in [3.05, 3.63) is 59.7 Å². The van der Waals surface area contributed by atoms with Gasteiger partial charge in [-0.3, -0.25) is 0 Å². The van der Waals surface area contributed by atoms with E-state index in [2.05, 4.69) is 0 Å². The van der Waals surface area contributed by atoms with Gasteiger partial charge in [-0.05, 0) is 47.5 Å². The third kappa shape index (κ3) is 6.81. The number of carbonyl (C=O) groups excluding carboxylic acids is 2. The zero-order chi connectivity index (χ0) is 28.0. The summed E-state index contributed by atoms with van der Waals surface area (Å²) in [5, 5.41) is 59.4. The molecule has 4 atom stereocenters. The van der Waals surface area contributed by atoms with Gasteiger partial charge in [0, 0.05) is 25.0 Å². The number of carboxylic acid groups (broad SMARTS) is 1. The zero-order valence-corrected chi connectivity index (χ0v) is 20.1. The summed E-state index contributed by atoms with van der Waals surface area (Å²) in [4.78, 5) is 36.4. The number of aliphatic hydroxyl groups is 2. The molecule has 1 aliphatic carbocycles. The summed E-state index contributed by atoms with van der Waals surface area (Å²) in [6, 6.07) is 8.11. The van der Waals surface area contributed by atoms with E-state index in [1.54, 1.807) is 6.07 Å². The molecule has 1 fully saturated rings. The van der Waals surface area contributed by atoms with Crippen LogP contribution in [0.1, 0.15) is 24.0 Å². The number of aliphatic hydroxyl groups excluding tert-OH is 1. The number of esters is 2. The third-order valence-corrected chi connectivity index (χ3v) is 5.80. The maximum Gasteiger partial charge on any atom is 0.335 e. The molecule has 38 heavy (non-hydrogen) atoms. The highest BCUT2D eigenvalue weighted by atomic mass is 16.6. The number of carboxylic acids is 1. The van der Waals surface area contributed by atoms with Crippen molar-refractivity contribution in [2.45, 2.75) is 36.8 Å². The molecule has 2 aromatic rings. The number of carbonyl (C=O) groups is 3. The Balaban J connectivity index is 1.70. The lowest BCUT2D eigenvalue weighted by Crippen LogP contribution is -2.58. The van der Waals surface area contributed by atoms with Gasteiger partial charge in [0.25, 0.3) is 0 Å². The van der Waals surface area contributed by atoms with E-state index < -0.39 is 60.4 Å². The summed E-state index contributed by atoms with van der Waals surface area (Å²) in [6.45, 7) is 0. The van der Waals surface area contributed by atoms with Crippen LogP contribution < -0.4 is 4.74 Å². The molecule has 4 unspecified atom stereocenters. The van der Waals surface area contributed by atoms with Crippen molar-refractivity contribution < 1.29 is 59.2 Å². The average molecular weight is 530 g/mol. The van der Waals surface area contributed by atoms with Crippen molar-refractivity contribution in [1.29, 1.82) is 0 Å². The normalized spacial score (nSPS) is 23.3. The molecule has 6 N–H and O–H groups in total. The van der Waals surface area contributed by atoms with E-state index in [9.17, 15) is 45.0 Å². The lowest BCUT2D eigenvalue weighted by atomic mass is 9.79. The summed E-state index contributed by atoms with van der Waals surface area (Å²) in [7, 11) is 1.37. The maximum absolute atomic E-state index is 12.4. The fraction of sp³-hybridized carbons (Fsp3) is 0.269. The Bertz CT molecular complexity index is 1270. The highest BCUT2D eigenvalue weighted by Gasteiger charge is 2.52. The largest absolute Gasteiger partial charge is 0.504 e. The Morgan fingerprint density at radius 2 is 1.34 bits per heavy atom. The molecule has 0 heterocycles. The molecule has 0 aliphatic heterocycles. The van der Waals surface area contributed by atoms with Crippen LogP contribution in [0.25, 0.3) is 12.2 Å². The van der Waals surface area contributed by atoms with Gasteiger partial charge in [-0.1, -0.05) is 12.1 Å². The molecule has 0 aromatic heterocycles. The van der Waals surface area contributed by atoms with Gasteiger partial charge in [0.2, 0.25) is 0 Å². The van der Waals surface area contributed by atoms with Crippen LogP contribution in [0.3, 0.4) is 0 Å². The van der Waals surface area contributed by atoms with E-state index in [1.807, 2.05) is 0 Å². The van der Waals surface area contributed by atoms with Crippen LogP contribution in [0.5, 0.6) is 23.0 Å². The van der Waals surface area contributed by atoms with Crippen molar-refractivity contribution in [3.63, 3.8) is 0 Å². The first kappa shape index (κ1) is 28.0. The molecule has 0 spiro atoms. The quantitative estimate of drug-likeness (QED) is 0.163. The minimum Gasteiger partial charge on any atom is -0.504 e. The molecule has 0 radical (unpaired) electrons. The second kappa shape index (κ2) is 11.7. The summed E-state index contributed by atoms with van der Waals surface area (Å²) in [6.07, 6.45) is -1.64. The fourth-order valence-electron chi connectivity index (χ4n) is 3.79. The van der Waals surface area contributed by atoms with Gasteiger partial charge in [-0.15, -0.1) is 0 Å². The smallest absolute Gasteiger partial charge is 0.335 e. The van der Waals surface area contributed by atoms with Crippen molar-refractivity contribution in [2.75, 3.05) is 7.11 Å². The first-order valence-corrected chi connectivity index (χ1v) is 11.2. The van der Waals surface area contributed by atoms with E-state index in [4.69, 9.17) is 14.2 Å². The SMILES string of the molecule is COc1ccc(C=CC(=O)OC2CC(O)(C(=O)O)CC(OC(=O)C=Cc3ccc(O)c(O)c3)C2O)cc1O. The second-order valence-electron chi connectivity index (χ2n) is 8.53. The van der Waals surface area contributed by atoms with Crippen molar-refractivity contribution in [2.24, 2.45) is 0 Å². The molecule has 0 amide bonds. The lowest BCUT2D eigenvalue weighted by molar-refractivity contribution is -0.203. The van der Waals surface area contributed by atoms with Gasteiger partial charge in [0.15, 0.2) is 28.6 Å². The molecule has 0 bridgehead atoms. The Kier molecular flexibility index (Phi) is 8.61. The number of aromatic hydroxyl groups is 3. The monoisotopic (exact) mass is 530 g/mol. The molecule has 3 rings (SSSR count). The van der Waals surface area contributed by atoms with Gasteiger partial charge in [-0.25, -0.2) is 14.4 Å². The highest BCUT2D eigenvalue weighted by Crippen LogP contribution is 2.33. The van der Waals surface area contributed by atoms with Crippen LogP contribution in [-0.2, 0) is 23.9 Å². The van der Waals surface area contributed by atoms with Crippen LogP contribution in [0.2, 0.25) is 0 Å². The van der Waals surface area contributed by atoms with Crippen LogP contribution in [-0.4, -0.2) is 79.6 Å². The van der Waals surface area contributed by atoms with Crippen molar-refractivity contribution in [3.8, 4) is 23.0 Å². The van der Waals surface area contributed by atoms with Crippen LogP contribution >= 0.6 is 0 Å². The molecule has 12 heteroatoms. The molecular formula is C26H26O12. The number of benzene rings is 2. The predicted octanol–water partition coefficient (Wildman–Crippen LogP) is 1.33. The first-order valence-electron chi connectivity index (χ1n) is 11.2. The molecule has 0 saturated heterocycles. The first-order chi connectivity index (χ1) is 17.9. The minimum atomic E-state index is -2.47. The number of hydrogen-bond acceptors (Lipinski definition) is 11. The topological polar surface area (TPSA) is 200 Å². The number of phenolic OH excluding ortho intramolecular Hbond substituents is 3. The van der Waals surface area contributed by atoms with E-state index in [1.165, 1.54) is 49.6 Å². The van der Waals surface area contributed by atoms with E-state index in [0.29, 0.717) is 11.1 Å². The lowest BCUT2D eigenvalue weighted by Gasteiger charge is -2.40. The number of phenols is 3. The number of rotatable bonds is 8. The van der Waals surface area contributed by atoms with E-state index >= 15 is 0 Å². The Labute approximate surface area is 216 Å². The Morgan fingerprint density at radius 3 is 1.79 bits per heavy atom. The van der Waals surface area contributed by atoms with Crippen LogP contribution in [0.4, 0.5) is 0 Å². The van der Waals surface area contributed by atoms with Crippen molar-refractivity contribution >= 4 is 30.1 Å². The summed E-state index contributed by atoms with van der Waals surface area (Å²) < 4.78 is 15.2. The fourth-order valence-corrected chi connectivity index (χ4v) is 3.79. The molecule has 2 aromatic carbocycles. The average Bonchev–Trinajstić information content (AvgIpc) is 2.86. The number of hydrogen-bond donors (Lipinski definition) is 6. The van der Waals surface area contributed by atoms with Gasteiger partial charge in [-0.2, -0.15) is 0 Å². The number of ether oxygens (including phenoxy) is 3.